The molecule has 3 heterocycles. The van der Waals surface area contributed by atoms with Gasteiger partial charge in [0.05, 0.1) is 0 Å². The van der Waals surface area contributed by atoms with Crippen LogP contribution in [-0.2, 0) is 0 Å². The van der Waals surface area contributed by atoms with Gasteiger partial charge in [-0.15, -0.1) is 0 Å². The molecule has 0 amide bonds. The molecular weight excluding hydrogens is 222 g/mol. The molecule has 0 aromatic rings. The minimum Gasteiger partial charge on any atom is -0.313 e. The molecule has 4 fully saturated rings. The predicted molar refractivity (Wildman–Crippen MR) is 73.7 cm³/mol. The van der Waals surface area contributed by atoms with E-state index in [-0.39, 0.29) is 0 Å². The summed E-state index contributed by atoms with van der Waals surface area (Å²) in [6.45, 7) is 8.11. The maximum absolute atomic E-state index is 3.92. The van der Waals surface area contributed by atoms with Gasteiger partial charge in [-0.2, -0.15) is 0 Å². The Bertz CT molecular complexity index is 302. The third-order valence-corrected chi connectivity index (χ3v) is 5.68. The van der Waals surface area contributed by atoms with E-state index in [1.54, 1.807) is 0 Å². The second kappa shape index (κ2) is 4.77. The zero-order chi connectivity index (χ0) is 11.9. The molecule has 3 aliphatic heterocycles. The Balaban J connectivity index is 1.23. The van der Waals surface area contributed by atoms with Crippen LogP contribution in [0.25, 0.3) is 0 Å². The number of fused-ring (bicyclic) bond motifs is 2. The van der Waals surface area contributed by atoms with E-state index in [1.165, 1.54) is 71.4 Å². The third-order valence-electron chi connectivity index (χ3n) is 5.68. The van der Waals surface area contributed by atoms with Gasteiger partial charge >= 0.3 is 0 Å². The van der Waals surface area contributed by atoms with Crippen molar-refractivity contribution in [1.82, 2.24) is 15.1 Å². The van der Waals surface area contributed by atoms with Crippen LogP contribution in [0.3, 0.4) is 0 Å². The summed E-state index contributed by atoms with van der Waals surface area (Å²) in [6.07, 6.45) is 7.22. The van der Waals surface area contributed by atoms with Gasteiger partial charge in [0, 0.05) is 25.2 Å². The Hall–Kier alpha value is -0.120. The van der Waals surface area contributed by atoms with Crippen LogP contribution < -0.4 is 5.32 Å². The highest BCUT2D eigenvalue weighted by molar-refractivity contribution is 4.93. The van der Waals surface area contributed by atoms with Crippen molar-refractivity contribution in [2.45, 2.75) is 44.2 Å². The number of piperidine rings is 1. The maximum Gasteiger partial charge on any atom is 0.0120 e. The van der Waals surface area contributed by atoms with Crippen LogP contribution in [0, 0.1) is 11.8 Å². The fourth-order valence-electron chi connectivity index (χ4n) is 4.34. The van der Waals surface area contributed by atoms with E-state index in [2.05, 4.69) is 15.1 Å². The van der Waals surface area contributed by atoms with E-state index in [9.17, 15) is 0 Å². The number of hydrogen-bond donors (Lipinski definition) is 1. The van der Waals surface area contributed by atoms with Gasteiger partial charge in [0.25, 0.3) is 0 Å². The smallest absolute Gasteiger partial charge is 0.0120 e. The molecule has 4 unspecified atom stereocenters. The van der Waals surface area contributed by atoms with E-state index in [0.29, 0.717) is 0 Å². The molecule has 18 heavy (non-hydrogen) atoms. The van der Waals surface area contributed by atoms with Crippen molar-refractivity contribution in [3.63, 3.8) is 0 Å². The summed E-state index contributed by atoms with van der Waals surface area (Å²) in [6, 6.07) is 1.81. The van der Waals surface area contributed by atoms with Crippen molar-refractivity contribution >= 4 is 0 Å². The first-order chi connectivity index (χ1) is 8.88. The topological polar surface area (TPSA) is 18.5 Å². The average Bonchev–Trinajstić information content (AvgIpc) is 3.02. The molecule has 1 N–H and O–H groups in total. The number of likely N-dealkylation sites (tertiary alicyclic amines) is 1. The molecule has 0 spiro atoms. The molecule has 4 aliphatic rings. The van der Waals surface area contributed by atoms with Crippen molar-refractivity contribution in [2.24, 2.45) is 11.8 Å². The molecule has 0 aromatic heterocycles. The summed E-state index contributed by atoms with van der Waals surface area (Å²) in [7, 11) is 0. The van der Waals surface area contributed by atoms with Crippen LogP contribution in [0.15, 0.2) is 0 Å². The van der Waals surface area contributed by atoms with Gasteiger partial charge in [-0.3, -0.25) is 0 Å². The van der Waals surface area contributed by atoms with E-state index in [4.69, 9.17) is 0 Å². The molecule has 3 nitrogen and oxygen atoms in total. The van der Waals surface area contributed by atoms with Crippen molar-refractivity contribution in [3.8, 4) is 0 Å². The summed E-state index contributed by atoms with van der Waals surface area (Å²) in [5.74, 6) is 1.89. The predicted octanol–water partition coefficient (Wildman–Crippen LogP) is 1.15. The van der Waals surface area contributed by atoms with Crippen molar-refractivity contribution in [2.75, 3.05) is 39.3 Å². The van der Waals surface area contributed by atoms with Crippen LogP contribution in [0.2, 0.25) is 0 Å². The summed E-state index contributed by atoms with van der Waals surface area (Å²) in [5, 5.41) is 3.92. The molecule has 4 atom stereocenters. The van der Waals surface area contributed by atoms with Crippen LogP contribution in [0.1, 0.15) is 32.1 Å². The van der Waals surface area contributed by atoms with Gasteiger partial charge in [-0.05, 0) is 70.1 Å². The van der Waals surface area contributed by atoms with Crippen LogP contribution in [0.4, 0.5) is 0 Å². The first-order valence-electron chi connectivity index (χ1n) is 8.08. The van der Waals surface area contributed by atoms with E-state index in [1.807, 2.05) is 0 Å². The average molecular weight is 249 g/mol. The largest absolute Gasteiger partial charge is 0.313 e. The zero-order valence-electron chi connectivity index (χ0n) is 11.5. The first-order valence-corrected chi connectivity index (χ1v) is 8.08. The van der Waals surface area contributed by atoms with Gasteiger partial charge in [-0.25, -0.2) is 0 Å². The molecular formula is C15H27N3. The number of nitrogens with zero attached hydrogens (tertiary/aromatic N) is 2. The SMILES string of the molecule is C1CN(C2CC2)CC1CNC1CCN2CCC1C2. The van der Waals surface area contributed by atoms with Gasteiger partial charge in [0.2, 0.25) is 0 Å². The van der Waals surface area contributed by atoms with E-state index in [0.717, 1.165) is 23.9 Å². The standard InChI is InChI=1S/C15H27N3/c1-2-14(1)18-8-3-12(10-18)9-16-15-5-7-17-6-4-13(15)11-17/h12-16H,1-11H2. The highest BCUT2D eigenvalue weighted by Gasteiger charge is 2.36. The quantitative estimate of drug-likeness (QED) is 0.806. The first kappa shape index (κ1) is 11.7. The fourth-order valence-corrected chi connectivity index (χ4v) is 4.34. The lowest BCUT2D eigenvalue weighted by molar-refractivity contribution is 0.215. The highest BCUT2D eigenvalue weighted by atomic mass is 15.2. The lowest BCUT2D eigenvalue weighted by Gasteiger charge is -2.32. The van der Waals surface area contributed by atoms with Crippen LogP contribution in [-0.4, -0.2) is 61.2 Å². The molecule has 1 saturated carbocycles. The Morgan fingerprint density at radius 1 is 0.889 bits per heavy atom. The Morgan fingerprint density at radius 3 is 2.67 bits per heavy atom. The Kier molecular flexibility index (Phi) is 3.10. The van der Waals surface area contributed by atoms with E-state index >= 15 is 0 Å². The number of rotatable bonds is 4. The molecule has 0 aromatic carbocycles. The molecule has 102 valence electrons. The number of hydrogen-bond acceptors (Lipinski definition) is 3. The van der Waals surface area contributed by atoms with Gasteiger partial charge in [0.1, 0.15) is 0 Å². The minimum absolute atomic E-state index is 0.832. The molecule has 1 aliphatic carbocycles. The highest BCUT2D eigenvalue weighted by Crippen LogP contribution is 2.32. The molecule has 3 saturated heterocycles. The monoisotopic (exact) mass is 249 g/mol. The molecule has 2 bridgehead atoms. The molecule has 4 rings (SSSR count). The lowest BCUT2D eigenvalue weighted by Crippen LogP contribution is -2.45. The summed E-state index contributed by atoms with van der Waals surface area (Å²) in [4.78, 5) is 5.39. The van der Waals surface area contributed by atoms with Crippen molar-refractivity contribution in [3.05, 3.63) is 0 Å². The minimum atomic E-state index is 0.832. The van der Waals surface area contributed by atoms with Gasteiger partial charge < -0.3 is 15.1 Å². The maximum atomic E-state index is 3.92. The molecule has 0 radical (unpaired) electrons. The van der Waals surface area contributed by atoms with Gasteiger partial charge in [-0.1, -0.05) is 0 Å². The summed E-state index contributed by atoms with van der Waals surface area (Å²) in [5.41, 5.74) is 0. The zero-order valence-corrected chi connectivity index (χ0v) is 11.5. The Labute approximate surface area is 111 Å². The summed E-state index contributed by atoms with van der Waals surface area (Å²) >= 11 is 0. The number of nitrogens with one attached hydrogen (secondary N) is 1. The summed E-state index contributed by atoms with van der Waals surface area (Å²) < 4.78 is 0. The fraction of sp³-hybridized carbons (Fsp3) is 1.00. The van der Waals surface area contributed by atoms with Crippen LogP contribution in [0.5, 0.6) is 0 Å². The van der Waals surface area contributed by atoms with Crippen LogP contribution >= 0.6 is 0 Å². The third kappa shape index (κ3) is 2.33. The van der Waals surface area contributed by atoms with Crippen molar-refractivity contribution in [1.29, 1.82) is 0 Å². The normalized spacial score (nSPS) is 44.7. The van der Waals surface area contributed by atoms with Crippen molar-refractivity contribution < 1.29 is 0 Å². The second-order valence-electron chi connectivity index (χ2n) is 7.03. The van der Waals surface area contributed by atoms with Gasteiger partial charge in [0.15, 0.2) is 0 Å². The second-order valence-corrected chi connectivity index (χ2v) is 7.03. The van der Waals surface area contributed by atoms with E-state index < -0.39 is 0 Å². The lowest BCUT2D eigenvalue weighted by atomic mass is 9.93. The molecule has 3 heteroatoms. The Morgan fingerprint density at radius 2 is 1.78 bits per heavy atom.